The van der Waals surface area contributed by atoms with Crippen molar-refractivity contribution in [1.82, 2.24) is 10.3 Å². The van der Waals surface area contributed by atoms with Gasteiger partial charge >= 0.3 is 0 Å². The van der Waals surface area contributed by atoms with Gasteiger partial charge in [0, 0.05) is 11.8 Å². The number of fused-ring (bicyclic) bond motifs is 1. The van der Waals surface area contributed by atoms with Crippen LogP contribution in [-0.2, 0) is 4.79 Å². The molecule has 3 N–H and O–H groups in total. The summed E-state index contributed by atoms with van der Waals surface area (Å²) >= 11 is 0. The summed E-state index contributed by atoms with van der Waals surface area (Å²) in [4.78, 5) is 15.5. The average Bonchev–Trinajstić information content (AvgIpc) is 3.36. The molecule has 2 aliphatic heterocycles. The van der Waals surface area contributed by atoms with Crippen LogP contribution in [0.5, 0.6) is 5.75 Å². The minimum absolute atomic E-state index is 0. The van der Waals surface area contributed by atoms with Crippen LogP contribution in [0.3, 0.4) is 0 Å². The van der Waals surface area contributed by atoms with E-state index in [4.69, 9.17) is 4.74 Å². The van der Waals surface area contributed by atoms with E-state index >= 15 is 0 Å². The zero-order valence-electron chi connectivity index (χ0n) is 14.7. The fraction of sp³-hybridized carbons (Fsp3) is 0.250. The third-order valence-electron chi connectivity index (χ3n) is 4.60. The number of methoxy groups -OCH3 is 1. The van der Waals surface area contributed by atoms with Crippen molar-refractivity contribution in [2.75, 3.05) is 19.0 Å². The summed E-state index contributed by atoms with van der Waals surface area (Å²) in [7, 11) is 1.55. The van der Waals surface area contributed by atoms with Crippen molar-refractivity contribution < 1.29 is 13.9 Å². The van der Waals surface area contributed by atoms with Crippen molar-refractivity contribution in [3.8, 4) is 17.6 Å². The molecule has 2 aliphatic rings. The molecule has 1 saturated heterocycles. The molecule has 1 unspecified atom stereocenters. The van der Waals surface area contributed by atoms with Crippen molar-refractivity contribution in [2.45, 2.75) is 18.9 Å². The zero-order valence-corrected chi connectivity index (χ0v) is 15.5. The Balaban J connectivity index is 0.00000210. The van der Waals surface area contributed by atoms with Gasteiger partial charge in [-0.3, -0.25) is 4.79 Å². The summed E-state index contributed by atoms with van der Waals surface area (Å²) in [5, 5.41) is 6.05. The highest BCUT2D eigenvalue weighted by Gasteiger charge is 2.29. The lowest BCUT2D eigenvalue weighted by Crippen LogP contribution is -2.18. The molecule has 0 saturated carbocycles. The zero-order chi connectivity index (χ0) is 18.1. The average molecular weight is 388 g/mol. The van der Waals surface area contributed by atoms with E-state index < -0.39 is 5.82 Å². The van der Waals surface area contributed by atoms with Gasteiger partial charge in [0.2, 0.25) is 0 Å². The van der Waals surface area contributed by atoms with Gasteiger partial charge in [0.15, 0.2) is 0 Å². The van der Waals surface area contributed by atoms with Crippen LogP contribution in [-0.4, -0.2) is 30.6 Å². The van der Waals surface area contributed by atoms with E-state index in [1.54, 1.807) is 31.5 Å². The Labute approximate surface area is 162 Å². The number of ether oxygens (including phenoxy) is 1. The van der Waals surface area contributed by atoms with E-state index in [-0.39, 0.29) is 29.9 Å². The highest BCUT2D eigenvalue weighted by Crippen LogP contribution is 2.37. The quantitative estimate of drug-likeness (QED) is 0.547. The number of benzene rings is 1. The molecular weight excluding hydrogens is 369 g/mol. The van der Waals surface area contributed by atoms with Crippen molar-refractivity contribution in [3.63, 3.8) is 0 Å². The van der Waals surface area contributed by atoms with Crippen LogP contribution in [0, 0.1) is 17.7 Å². The lowest BCUT2D eigenvalue weighted by molar-refractivity contribution is -0.110. The normalized spacial score (nSPS) is 19.1. The number of hydrogen-bond donors (Lipinski definition) is 3. The van der Waals surface area contributed by atoms with Crippen LogP contribution in [0.15, 0.2) is 24.4 Å². The number of anilines is 1. The first kappa shape index (κ1) is 19.0. The number of halogens is 2. The third-order valence-corrected chi connectivity index (χ3v) is 4.60. The maximum atomic E-state index is 14.5. The molecule has 0 bridgehead atoms. The third kappa shape index (κ3) is 3.57. The molecule has 27 heavy (non-hydrogen) atoms. The number of rotatable bonds is 2. The number of nitrogens with one attached hydrogen (secondary N) is 3. The van der Waals surface area contributed by atoms with Crippen LogP contribution in [0.4, 0.5) is 10.1 Å². The van der Waals surface area contributed by atoms with Crippen LogP contribution < -0.4 is 15.4 Å². The van der Waals surface area contributed by atoms with Gasteiger partial charge in [-0.15, -0.1) is 12.4 Å². The van der Waals surface area contributed by atoms with Gasteiger partial charge in [0.05, 0.1) is 35.7 Å². The second-order valence-electron chi connectivity index (χ2n) is 6.24. The van der Waals surface area contributed by atoms with Crippen molar-refractivity contribution in [2.24, 2.45) is 0 Å². The minimum atomic E-state index is -0.435. The van der Waals surface area contributed by atoms with Gasteiger partial charge in [-0.25, -0.2) is 4.39 Å². The molecule has 140 valence electrons. The monoisotopic (exact) mass is 387 g/mol. The van der Waals surface area contributed by atoms with Gasteiger partial charge in [-0.1, -0.05) is 11.8 Å². The molecule has 7 heteroatoms. The second-order valence-corrected chi connectivity index (χ2v) is 6.24. The molecule has 5 nitrogen and oxygen atoms in total. The van der Waals surface area contributed by atoms with Crippen LogP contribution in [0.25, 0.3) is 11.6 Å². The molecule has 1 aromatic heterocycles. The van der Waals surface area contributed by atoms with E-state index in [0.29, 0.717) is 28.3 Å². The number of aromatic nitrogens is 1. The molecule has 2 aromatic rings. The Hall–Kier alpha value is -2.75. The van der Waals surface area contributed by atoms with Gasteiger partial charge in [0.1, 0.15) is 11.6 Å². The van der Waals surface area contributed by atoms with E-state index in [0.717, 1.165) is 19.4 Å². The highest BCUT2D eigenvalue weighted by molar-refractivity contribution is 6.35. The number of amides is 1. The Bertz CT molecular complexity index is 965. The SMILES string of the molecule is COc1cc[nH]c1C=C1C(=O)Nc2ccc(F)c(C#CC3CCCN3)c21.Cl. The van der Waals surface area contributed by atoms with Crippen LogP contribution in [0.2, 0.25) is 0 Å². The molecule has 1 atom stereocenters. The summed E-state index contributed by atoms with van der Waals surface area (Å²) < 4.78 is 19.8. The lowest BCUT2D eigenvalue weighted by Gasteiger charge is -2.05. The largest absolute Gasteiger partial charge is 0.495 e. The molecule has 0 aliphatic carbocycles. The molecular formula is C20H19ClFN3O2. The number of H-pyrrole nitrogens is 1. The molecule has 1 amide bonds. The second kappa shape index (κ2) is 7.87. The first-order valence-electron chi connectivity index (χ1n) is 8.49. The van der Waals surface area contributed by atoms with E-state index in [1.807, 2.05) is 0 Å². The predicted molar refractivity (Wildman–Crippen MR) is 105 cm³/mol. The van der Waals surface area contributed by atoms with Crippen molar-refractivity contribution in [1.29, 1.82) is 0 Å². The first-order valence-corrected chi connectivity index (χ1v) is 8.49. The maximum Gasteiger partial charge on any atom is 0.256 e. The standard InChI is InChI=1S/C20H18FN3O2.ClH/c1-26-18-8-10-23-17(18)11-14-19-13(5-4-12-3-2-9-22-12)15(21)6-7-16(19)24-20(14)25;/h6-8,10-12,22-23H,2-3,9H2,1H3,(H,24,25);1H. The molecule has 4 rings (SSSR count). The van der Waals surface area contributed by atoms with Crippen molar-refractivity contribution >= 4 is 35.7 Å². The summed E-state index contributed by atoms with van der Waals surface area (Å²) in [6, 6.07) is 4.72. The highest BCUT2D eigenvalue weighted by atomic mass is 35.5. The van der Waals surface area contributed by atoms with Crippen molar-refractivity contribution in [3.05, 3.63) is 47.0 Å². The lowest BCUT2D eigenvalue weighted by atomic mass is 9.98. The Kier molecular flexibility index (Phi) is 5.54. The van der Waals surface area contributed by atoms with Crippen LogP contribution in [0.1, 0.15) is 29.7 Å². The Morgan fingerprint density at radius 1 is 1.33 bits per heavy atom. The number of carbonyl (C=O) groups is 1. The molecule has 3 heterocycles. The summed E-state index contributed by atoms with van der Waals surface area (Å²) in [6.45, 7) is 0.923. The fourth-order valence-electron chi connectivity index (χ4n) is 3.29. The van der Waals surface area contributed by atoms with E-state index in [1.165, 1.54) is 6.07 Å². The van der Waals surface area contributed by atoms with E-state index in [9.17, 15) is 9.18 Å². The fourth-order valence-corrected chi connectivity index (χ4v) is 3.29. The maximum absolute atomic E-state index is 14.5. The molecule has 0 radical (unpaired) electrons. The van der Waals surface area contributed by atoms with Gasteiger partial charge in [0.25, 0.3) is 5.91 Å². The minimum Gasteiger partial charge on any atom is -0.495 e. The number of aromatic amines is 1. The molecule has 0 spiro atoms. The Morgan fingerprint density at radius 2 is 2.19 bits per heavy atom. The molecule has 1 aromatic carbocycles. The predicted octanol–water partition coefficient (Wildman–Crippen LogP) is 3.18. The first-order chi connectivity index (χ1) is 12.7. The van der Waals surface area contributed by atoms with Crippen LogP contribution >= 0.6 is 12.4 Å². The molecule has 1 fully saturated rings. The summed E-state index contributed by atoms with van der Waals surface area (Å²) in [5.41, 5.74) is 2.32. The van der Waals surface area contributed by atoms with Gasteiger partial charge in [-0.2, -0.15) is 0 Å². The van der Waals surface area contributed by atoms with Gasteiger partial charge in [-0.05, 0) is 43.7 Å². The topological polar surface area (TPSA) is 66.2 Å². The Morgan fingerprint density at radius 3 is 2.93 bits per heavy atom. The van der Waals surface area contributed by atoms with Gasteiger partial charge < -0.3 is 20.4 Å². The summed E-state index contributed by atoms with van der Waals surface area (Å²) in [5.74, 6) is 5.92. The summed E-state index contributed by atoms with van der Waals surface area (Å²) in [6.07, 6.45) is 5.39. The number of hydrogen-bond acceptors (Lipinski definition) is 3. The smallest absolute Gasteiger partial charge is 0.256 e. The number of carbonyl (C=O) groups excluding carboxylic acids is 1. The van der Waals surface area contributed by atoms with E-state index in [2.05, 4.69) is 27.5 Å².